The Morgan fingerprint density at radius 3 is 2.90 bits per heavy atom. The fourth-order valence-electron chi connectivity index (χ4n) is 0.565. The molecule has 0 aromatic carbocycles. The molecular weight excluding hydrogens is 128 g/mol. The van der Waals surface area contributed by atoms with Crippen LogP contribution in [0.15, 0.2) is 0 Å². The van der Waals surface area contributed by atoms with Crippen LogP contribution in [0.3, 0.4) is 0 Å². The van der Waals surface area contributed by atoms with Crippen LogP contribution >= 0.6 is 0 Å². The summed E-state index contributed by atoms with van der Waals surface area (Å²) in [6.07, 6.45) is 4.17. The van der Waals surface area contributed by atoms with E-state index in [-0.39, 0.29) is 5.97 Å². The lowest BCUT2D eigenvalue weighted by atomic mass is 10.2. The highest BCUT2D eigenvalue weighted by atomic mass is 16.5. The maximum Gasteiger partial charge on any atom is 0.309 e. The minimum absolute atomic E-state index is 0.212. The van der Waals surface area contributed by atoms with E-state index in [1.54, 1.807) is 13.3 Å². The van der Waals surface area contributed by atoms with E-state index in [1.807, 2.05) is 0 Å². The third-order valence-electron chi connectivity index (χ3n) is 1.05. The second-order valence-electron chi connectivity index (χ2n) is 1.95. The molecule has 0 saturated carbocycles. The molecule has 0 amide bonds. The van der Waals surface area contributed by atoms with E-state index in [4.69, 9.17) is 0 Å². The highest BCUT2D eigenvalue weighted by Crippen LogP contribution is 1.98. The fraction of sp³-hybridized carbons (Fsp3) is 0.625. The topological polar surface area (TPSA) is 26.3 Å². The molecule has 0 aliphatic carbocycles. The van der Waals surface area contributed by atoms with Crippen molar-refractivity contribution in [3.63, 3.8) is 0 Å². The number of hydrogen-bond donors (Lipinski definition) is 0. The molecule has 2 radical (unpaired) electrons. The van der Waals surface area contributed by atoms with Crippen LogP contribution < -0.4 is 0 Å². The van der Waals surface area contributed by atoms with Gasteiger partial charge in [0, 0.05) is 0 Å². The van der Waals surface area contributed by atoms with Gasteiger partial charge in [0.2, 0.25) is 0 Å². The van der Waals surface area contributed by atoms with E-state index in [0.717, 1.165) is 19.3 Å². The lowest BCUT2D eigenvalue weighted by molar-refractivity contribution is -0.139. The molecule has 0 aliphatic rings. The Morgan fingerprint density at radius 2 is 2.40 bits per heavy atom. The third-order valence-corrected chi connectivity index (χ3v) is 1.05. The molecule has 2 nitrogen and oxygen atoms in total. The summed E-state index contributed by atoms with van der Waals surface area (Å²) in [4.78, 5) is 10.6. The van der Waals surface area contributed by atoms with Crippen molar-refractivity contribution in [1.29, 1.82) is 0 Å². The molecule has 2 heteroatoms. The zero-order chi connectivity index (χ0) is 7.82. The van der Waals surface area contributed by atoms with Crippen LogP contribution in [0.5, 0.6) is 0 Å². The third kappa shape index (κ3) is 5.60. The Bertz CT molecular complexity index is 89.3. The molecule has 0 N–H and O–H groups in total. The van der Waals surface area contributed by atoms with Crippen molar-refractivity contribution < 1.29 is 9.53 Å². The van der Waals surface area contributed by atoms with Crippen LogP contribution in [0.4, 0.5) is 0 Å². The molecular formula is C8H14O2. The first kappa shape index (κ1) is 9.47. The predicted octanol–water partition coefficient (Wildman–Crippen LogP) is 1.76. The molecule has 0 unspecified atom stereocenters. The van der Waals surface area contributed by atoms with E-state index in [2.05, 4.69) is 11.7 Å². The number of ether oxygens (including phenoxy) is 1. The smallest absolute Gasteiger partial charge is 0.309 e. The molecule has 0 heterocycles. The Kier molecular flexibility index (Phi) is 6.24. The molecule has 0 aliphatic heterocycles. The Morgan fingerprint density at radius 1 is 1.70 bits per heavy atom. The lowest BCUT2D eigenvalue weighted by Gasteiger charge is -1.98. The van der Waals surface area contributed by atoms with Crippen LogP contribution in [0.2, 0.25) is 0 Å². The Hall–Kier alpha value is -0.530. The molecule has 10 heavy (non-hydrogen) atoms. The van der Waals surface area contributed by atoms with Gasteiger partial charge in [-0.25, -0.2) is 0 Å². The minimum atomic E-state index is -0.212. The first-order valence-electron chi connectivity index (χ1n) is 3.60. The van der Waals surface area contributed by atoms with Gasteiger partial charge >= 0.3 is 5.97 Å². The van der Waals surface area contributed by atoms with E-state index >= 15 is 0 Å². The monoisotopic (exact) mass is 142 g/mol. The van der Waals surface area contributed by atoms with E-state index < -0.39 is 0 Å². The highest BCUT2D eigenvalue weighted by molar-refractivity contribution is 5.78. The second-order valence-corrected chi connectivity index (χ2v) is 1.95. The number of hydrogen-bond acceptors (Lipinski definition) is 2. The summed E-state index contributed by atoms with van der Waals surface area (Å²) in [5, 5.41) is 0. The van der Waals surface area contributed by atoms with Gasteiger partial charge in [-0.15, -0.1) is 0 Å². The normalized spacial score (nSPS) is 9.40. The first-order valence-corrected chi connectivity index (χ1v) is 3.60. The molecule has 0 fully saturated rings. The highest BCUT2D eigenvalue weighted by Gasteiger charge is 1.99. The Balaban J connectivity index is 3.05. The van der Waals surface area contributed by atoms with Crippen LogP contribution in [0, 0.1) is 13.3 Å². The van der Waals surface area contributed by atoms with Crippen LogP contribution in [-0.4, -0.2) is 12.6 Å². The van der Waals surface area contributed by atoms with E-state index in [9.17, 15) is 4.79 Å². The van der Waals surface area contributed by atoms with Gasteiger partial charge in [-0.3, -0.25) is 4.79 Å². The van der Waals surface area contributed by atoms with Gasteiger partial charge in [-0.05, 0) is 13.3 Å². The van der Waals surface area contributed by atoms with Crippen molar-refractivity contribution >= 4 is 5.97 Å². The van der Waals surface area contributed by atoms with Gasteiger partial charge < -0.3 is 4.74 Å². The molecule has 0 aromatic heterocycles. The molecule has 0 aromatic rings. The van der Waals surface area contributed by atoms with Crippen molar-refractivity contribution in [3.8, 4) is 0 Å². The summed E-state index contributed by atoms with van der Waals surface area (Å²) in [6.45, 7) is 5.91. The van der Waals surface area contributed by atoms with E-state index in [1.165, 1.54) is 0 Å². The second kappa shape index (κ2) is 6.59. The number of esters is 1. The zero-order valence-corrected chi connectivity index (χ0v) is 6.43. The van der Waals surface area contributed by atoms with E-state index in [0.29, 0.717) is 6.61 Å². The summed E-state index contributed by atoms with van der Waals surface area (Å²) in [7, 11) is 0. The first-order chi connectivity index (χ1) is 4.81. The summed E-state index contributed by atoms with van der Waals surface area (Å²) < 4.78 is 4.67. The minimum Gasteiger partial charge on any atom is -0.466 e. The van der Waals surface area contributed by atoms with Crippen LogP contribution in [0.25, 0.3) is 0 Å². The van der Waals surface area contributed by atoms with Gasteiger partial charge in [0.15, 0.2) is 0 Å². The molecule has 0 bridgehead atoms. The van der Waals surface area contributed by atoms with Gasteiger partial charge in [0.1, 0.15) is 0 Å². The van der Waals surface area contributed by atoms with Crippen LogP contribution in [0.1, 0.15) is 26.2 Å². The summed E-state index contributed by atoms with van der Waals surface area (Å²) in [5.41, 5.74) is 0. The zero-order valence-electron chi connectivity index (χ0n) is 6.43. The van der Waals surface area contributed by atoms with Crippen molar-refractivity contribution in [2.45, 2.75) is 26.2 Å². The molecule has 0 spiro atoms. The maximum absolute atomic E-state index is 10.6. The Labute approximate surface area is 62.6 Å². The largest absolute Gasteiger partial charge is 0.466 e. The van der Waals surface area contributed by atoms with Gasteiger partial charge in [-0.2, -0.15) is 0 Å². The number of unbranched alkanes of at least 4 members (excludes halogenated alkanes) is 2. The van der Waals surface area contributed by atoms with Crippen molar-refractivity contribution in [2.24, 2.45) is 0 Å². The standard InChI is InChI=1S/C8H14O2/c1-3-5-6-7-8(9)10-4-2/h7H,1,3-6H2,2H3. The fourth-order valence-corrected chi connectivity index (χ4v) is 0.565. The maximum atomic E-state index is 10.6. The molecule has 0 atom stereocenters. The molecule has 0 rings (SSSR count). The summed E-state index contributed by atoms with van der Waals surface area (Å²) in [6, 6.07) is 0. The van der Waals surface area contributed by atoms with Crippen molar-refractivity contribution in [3.05, 3.63) is 13.3 Å². The average molecular weight is 142 g/mol. The van der Waals surface area contributed by atoms with Gasteiger partial charge in [-0.1, -0.05) is 19.8 Å². The average Bonchev–Trinajstić information content (AvgIpc) is 1.89. The van der Waals surface area contributed by atoms with Gasteiger partial charge in [0.05, 0.1) is 13.0 Å². The summed E-state index contributed by atoms with van der Waals surface area (Å²) in [5.74, 6) is -0.212. The predicted molar refractivity (Wildman–Crippen MR) is 40.1 cm³/mol. The number of carbonyl (C=O) groups excluding carboxylic acids is 1. The SMILES string of the molecule is [CH2]CCC[CH]C(=O)OCC. The van der Waals surface area contributed by atoms with Crippen molar-refractivity contribution in [2.75, 3.05) is 6.61 Å². The lowest BCUT2D eigenvalue weighted by Crippen LogP contribution is -2.03. The molecule has 58 valence electrons. The molecule has 0 saturated heterocycles. The van der Waals surface area contributed by atoms with Crippen LogP contribution in [-0.2, 0) is 9.53 Å². The van der Waals surface area contributed by atoms with Crippen molar-refractivity contribution in [1.82, 2.24) is 0 Å². The number of rotatable bonds is 5. The van der Waals surface area contributed by atoms with Gasteiger partial charge in [0.25, 0.3) is 0 Å². The number of carbonyl (C=O) groups is 1. The quantitative estimate of drug-likeness (QED) is 0.432. The summed E-state index contributed by atoms with van der Waals surface area (Å²) >= 11 is 0.